The van der Waals surface area contributed by atoms with Crippen molar-refractivity contribution < 1.29 is 9.53 Å². The van der Waals surface area contributed by atoms with Gasteiger partial charge >= 0.3 is 0 Å². The van der Waals surface area contributed by atoms with E-state index in [1.165, 1.54) is 0 Å². The summed E-state index contributed by atoms with van der Waals surface area (Å²) in [7, 11) is 1.56. The third kappa shape index (κ3) is 2.51. The van der Waals surface area contributed by atoms with Gasteiger partial charge in [0.2, 0.25) is 5.24 Å². The van der Waals surface area contributed by atoms with Crippen LogP contribution in [0.4, 0.5) is 0 Å². The molecule has 0 radical (unpaired) electrons. The van der Waals surface area contributed by atoms with Crippen LogP contribution in [-0.4, -0.2) is 17.3 Å². The van der Waals surface area contributed by atoms with Crippen molar-refractivity contribution in [2.75, 3.05) is 7.11 Å². The zero-order valence-corrected chi connectivity index (χ0v) is 7.34. The number of rotatable bonds is 3. The van der Waals surface area contributed by atoms with Gasteiger partial charge in [-0.2, -0.15) is 0 Å². The van der Waals surface area contributed by atoms with E-state index in [1.807, 2.05) is 0 Å². The van der Waals surface area contributed by atoms with Gasteiger partial charge in [0.15, 0.2) is 0 Å². The second-order valence-electron chi connectivity index (χ2n) is 2.22. The van der Waals surface area contributed by atoms with Crippen LogP contribution in [0.25, 0.3) is 0 Å². The minimum Gasteiger partial charge on any atom is -0.495 e. The number of pyridine rings is 1. The van der Waals surface area contributed by atoms with E-state index in [0.717, 1.165) is 0 Å². The average molecular weight is 186 g/mol. The van der Waals surface area contributed by atoms with Crippen LogP contribution in [0.5, 0.6) is 5.75 Å². The minimum atomic E-state index is -0.410. The van der Waals surface area contributed by atoms with E-state index in [9.17, 15) is 4.79 Å². The third-order valence-electron chi connectivity index (χ3n) is 1.35. The lowest BCUT2D eigenvalue weighted by molar-refractivity contribution is -0.111. The molecule has 0 atom stereocenters. The Hall–Kier alpha value is -1.09. The Morgan fingerprint density at radius 2 is 2.42 bits per heavy atom. The van der Waals surface area contributed by atoms with Gasteiger partial charge in [0.1, 0.15) is 5.75 Å². The number of ether oxygens (including phenoxy) is 1. The molecular weight excluding hydrogens is 178 g/mol. The fourth-order valence-corrected chi connectivity index (χ4v) is 0.916. The number of halogens is 1. The molecule has 0 amide bonds. The van der Waals surface area contributed by atoms with E-state index >= 15 is 0 Å². The molecule has 0 N–H and O–H groups in total. The molecule has 0 aliphatic carbocycles. The van der Waals surface area contributed by atoms with E-state index in [0.29, 0.717) is 11.4 Å². The van der Waals surface area contributed by atoms with E-state index in [-0.39, 0.29) is 6.42 Å². The molecule has 0 saturated carbocycles. The van der Waals surface area contributed by atoms with Crippen molar-refractivity contribution in [1.82, 2.24) is 4.98 Å². The molecule has 1 aromatic heterocycles. The van der Waals surface area contributed by atoms with Crippen molar-refractivity contribution in [1.29, 1.82) is 0 Å². The van der Waals surface area contributed by atoms with Crippen LogP contribution >= 0.6 is 11.6 Å². The molecule has 4 heteroatoms. The summed E-state index contributed by atoms with van der Waals surface area (Å²) in [4.78, 5) is 14.4. The maximum absolute atomic E-state index is 10.5. The molecule has 64 valence electrons. The monoisotopic (exact) mass is 185 g/mol. The molecule has 1 heterocycles. The Labute approximate surface area is 75.3 Å². The normalized spacial score (nSPS) is 9.50. The molecule has 0 bridgehead atoms. The Kier molecular flexibility index (Phi) is 3.05. The van der Waals surface area contributed by atoms with E-state index in [1.54, 1.807) is 25.4 Å². The second kappa shape index (κ2) is 4.07. The summed E-state index contributed by atoms with van der Waals surface area (Å²) in [6, 6.07) is 3.45. The van der Waals surface area contributed by atoms with Crippen molar-refractivity contribution in [3.05, 3.63) is 24.0 Å². The Morgan fingerprint density at radius 3 is 2.83 bits per heavy atom. The van der Waals surface area contributed by atoms with E-state index in [2.05, 4.69) is 4.98 Å². The summed E-state index contributed by atoms with van der Waals surface area (Å²) in [5.41, 5.74) is 0.649. The molecule has 12 heavy (non-hydrogen) atoms. The molecule has 1 rings (SSSR count). The Bertz CT molecular complexity index is 271. The lowest BCUT2D eigenvalue weighted by Gasteiger charge is -1.99. The van der Waals surface area contributed by atoms with Crippen LogP contribution in [0, 0.1) is 0 Å². The minimum absolute atomic E-state index is 0.158. The molecule has 0 saturated heterocycles. The lowest BCUT2D eigenvalue weighted by atomic mass is 10.3. The number of methoxy groups -OCH3 is 1. The molecule has 0 spiro atoms. The first-order valence-corrected chi connectivity index (χ1v) is 3.77. The number of carbonyl (C=O) groups is 1. The average Bonchev–Trinajstić information content (AvgIpc) is 2.05. The van der Waals surface area contributed by atoms with Gasteiger partial charge in [0.05, 0.1) is 19.7 Å². The van der Waals surface area contributed by atoms with Gasteiger partial charge in [-0.05, 0) is 23.7 Å². The van der Waals surface area contributed by atoms with Gasteiger partial charge in [-0.3, -0.25) is 9.78 Å². The highest BCUT2D eigenvalue weighted by molar-refractivity contribution is 6.63. The number of nitrogens with zero attached hydrogens (tertiary/aromatic N) is 1. The molecule has 0 unspecified atom stereocenters. The van der Waals surface area contributed by atoms with Crippen LogP contribution < -0.4 is 4.74 Å². The van der Waals surface area contributed by atoms with Gasteiger partial charge in [-0.15, -0.1) is 0 Å². The first-order valence-electron chi connectivity index (χ1n) is 3.39. The van der Waals surface area contributed by atoms with E-state index < -0.39 is 5.24 Å². The maximum atomic E-state index is 10.5. The van der Waals surface area contributed by atoms with E-state index in [4.69, 9.17) is 16.3 Å². The van der Waals surface area contributed by atoms with Gasteiger partial charge in [0.25, 0.3) is 0 Å². The van der Waals surface area contributed by atoms with Crippen LogP contribution in [0.1, 0.15) is 5.69 Å². The molecule has 0 aliphatic rings. The van der Waals surface area contributed by atoms with Crippen LogP contribution in [-0.2, 0) is 11.2 Å². The Morgan fingerprint density at radius 1 is 1.67 bits per heavy atom. The largest absolute Gasteiger partial charge is 0.495 e. The molecule has 0 fully saturated rings. The highest BCUT2D eigenvalue weighted by atomic mass is 35.5. The van der Waals surface area contributed by atoms with Crippen molar-refractivity contribution in [2.24, 2.45) is 0 Å². The molecule has 0 aromatic carbocycles. The van der Waals surface area contributed by atoms with Crippen molar-refractivity contribution >= 4 is 16.8 Å². The summed E-state index contributed by atoms with van der Waals surface area (Å²) in [6.07, 6.45) is 1.71. The molecular formula is C8H8ClNO2. The topological polar surface area (TPSA) is 39.2 Å². The van der Waals surface area contributed by atoms with Crippen molar-refractivity contribution in [3.8, 4) is 5.75 Å². The van der Waals surface area contributed by atoms with Crippen LogP contribution in [0.15, 0.2) is 18.3 Å². The van der Waals surface area contributed by atoms with Gasteiger partial charge in [-0.25, -0.2) is 0 Å². The second-order valence-corrected chi connectivity index (χ2v) is 2.64. The first kappa shape index (κ1) is 9.00. The number of aromatic nitrogens is 1. The number of hydrogen-bond acceptors (Lipinski definition) is 3. The van der Waals surface area contributed by atoms with Gasteiger partial charge in [0, 0.05) is 5.69 Å². The molecule has 3 nitrogen and oxygen atoms in total. The molecule has 0 aliphatic heterocycles. The third-order valence-corrected chi connectivity index (χ3v) is 1.49. The zero-order chi connectivity index (χ0) is 8.97. The van der Waals surface area contributed by atoms with Gasteiger partial charge in [-0.1, -0.05) is 0 Å². The van der Waals surface area contributed by atoms with Crippen LogP contribution in [0.2, 0.25) is 0 Å². The van der Waals surface area contributed by atoms with Crippen LogP contribution in [0.3, 0.4) is 0 Å². The fourth-order valence-electron chi connectivity index (χ4n) is 0.779. The smallest absolute Gasteiger partial charge is 0.227 e. The zero-order valence-electron chi connectivity index (χ0n) is 6.58. The Balaban J connectivity index is 2.71. The fraction of sp³-hybridized carbons (Fsp3) is 0.250. The summed E-state index contributed by atoms with van der Waals surface area (Å²) in [5.74, 6) is 0.667. The summed E-state index contributed by atoms with van der Waals surface area (Å²) in [6.45, 7) is 0. The molecule has 1 aromatic rings. The predicted octanol–water partition coefficient (Wildman–Crippen LogP) is 1.40. The maximum Gasteiger partial charge on any atom is 0.227 e. The number of carbonyl (C=O) groups excluding carboxylic acids is 1. The quantitative estimate of drug-likeness (QED) is 0.669. The standard InChI is InChI=1S/C8H8ClNO2/c1-12-7-3-2-6(10-5-7)4-8(9)11/h2-3,5H,4H2,1H3. The lowest BCUT2D eigenvalue weighted by Crippen LogP contribution is -1.96. The summed E-state index contributed by atoms with van der Waals surface area (Å²) >= 11 is 5.18. The SMILES string of the molecule is COc1ccc(CC(=O)Cl)nc1. The first-order chi connectivity index (χ1) is 5.72. The van der Waals surface area contributed by atoms with Gasteiger partial charge < -0.3 is 4.74 Å². The summed E-state index contributed by atoms with van der Waals surface area (Å²) < 4.78 is 4.89. The number of hydrogen-bond donors (Lipinski definition) is 0. The highest BCUT2D eigenvalue weighted by Gasteiger charge is 2.00. The van der Waals surface area contributed by atoms with Crippen molar-refractivity contribution in [3.63, 3.8) is 0 Å². The highest BCUT2D eigenvalue weighted by Crippen LogP contribution is 2.08. The van der Waals surface area contributed by atoms with Crippen molar-refractivity contribution in [2.45, 2.75) is 6.42 Å². The summed E-state index contributed by atoms with van der Waals surface area (Å²) in [5, 5.41) is -0.410. The predicted molar refractivity (Wildman–Crippen MR) is 45.4 cm³/mol.